The highest BCUT2D eigenvalue weighted by molar-refractivity contribution is 5.96. The number of nitrogens with one attached hydrogen (secondary N) is 1. The minimum Gasteiger partial charge on any atom is -0.477 e. The van der Waals surface area contributed by atoms with Crippen LogP contribution in [0.15, 0.2) is 48.7 Å². The van der Waals surface area contributed by atoms with Gasteiger partial charge in [-0.1, -0.05) is 12.1 Å². The lowest BCUT2D eigenvalue weighted by molar-refractivity contribution is -0.140. The third kappa shape index (κ3) is 7.45. The van der Waals surface area contributed by atoms with E-state index in [2.05, 4.69) is 15.4 Å². The number of carbonyl (C=O) groups excluding carboxylic acids is 2. The molecule has 0 bridgehead atoms. The monoisotopic (exact) mass is 629 g/mol. The number of carbonyl (C=O) groups is 3. The van der Waals surface area contributed by atoms with Gasteiger partial charge in [-0.2, -0.15) is 18.3 Å². The van der Waals surface area contributed by atoms with E-state index < -0.39 is 35.0 Å². The molecule has 2 heterocycles. The normalized spacial score (nSPS) is 14.4. The van der Waals surface area contributed by atoms with Crippen molar-refractivity contribution < 1.29 is 41.8 Å². The average molecular weight is 630 g/mol. The summed E-state index contributed by atoms with van der Waals surface area (Å²) in [4.78, 5) is 41.0. The standard InChI is InChI=1S/C23H24N4O5.C8H7F4N/c1-12-13-7-8-16(15(13)6-5-14(12)22(31)32-23(2,3)4)26-20(28)18-11-17(21(29)30)25-19-9-10-24-27(18)19;9-7-2-1-5(4-13)3-6(7)8(10,11)12/h5-6,9-11,16H,7-8H2,1-4H3,(H,26,28)(H,29,30);1-3H,4,13H2/t16-;/m0./s1. The summed E-state index contributed by atoms with van der Waals surface area (Å²) in [5.74, 6) is -3.32. The van der Waals surface area contributed by atoms with Gasteiger partial charge in [0.2, 0.25) is 0 Å². The molecule has 4 N–H and O–H groups in total. The summed E-state index contributed by atoms with van der Waals surface area (Å²) in [5.41, 5.74) is 6.98. The Labute approximate surface area is 255 Å². The van der Waals surface area contributed by atoms with Gasteiger partial charge in [0, 0.05) is 18.7 Å². The molecule has 0 saturated carbocycles. The van der Waals surface area contributed by atoms with Gasteiger partial charge in [0.1, 0.15) is 17.1 Å². The van der Waals surface area contributed by atoms with Gasteiger partial charge in [-0.3, -0.25) is 4.79 Å². The summed E-state index contributed by atoms with van der Waals surface area (Å²) < 4.78 is 55.7. The lowest BCUT2D eigenvalue weighted by Crippen LogP contribution is -2.29. The minimum atomic E-state index is -4.66. The Balaban J connectivity index is 0.000000297. The lowest BCUT2D eigenvalue weighted by atomic mass is 9.97. The van der Waals surface area contributed by atoms with Crippen LogP contribution in [0, 0.1) is 12.7 Å². The van der Waals surface area contributed by atoms with Crippen LogP contribution in [-0.2, 0) is 23.9 Å². The van der Waals surface area contributed by atoms with E-state index in [1.54, 1.807) is 6.07 Å². The van der Waals surface area contributed by atoms with Crippen molar-refractivity contribution in [3.63, 3.8) is 0 Å². The zero-order valence-electron chi connectivity index (χ0n) is 24.8. The molecule has 0 saturated heterocycles. The molecule has 45 heavy (non-hydrogen) atoms. The SMILES string of the molecule is Cc1c(C(=O)OC(C)(C)C)ccc2c1CC[C@@H]2NC(=O)c1cc(C(=O)O)nc2ccnn12.NCc1ccc(F)c(C(F)(F)F)c1. The molecule has 1 atom stereocenters. The van der Waals surface area contributed by atoms with Crippen LogP contribution in [0.5, 0.6) is 0 Å². The Morgan fingerprint density at radius 1 is 1.11 bits per heavy atom. The van der Waals surface area contributed by atoms with Gasteiger partial charge in [0.05, 0.1) is 23.4 Å². The fraction of sp³-hybridized carbons (Fsp3) is 0.323. The zero-order valence-corrected chi connectivity index (χ0v) is 24.8. The molecule has 0 unspecified atom stereocenters. The third-order valence-corrected chi connectivity index (χ3v) is 7.00. The number of nitrogens with zero attached hydrogens (tertiary/aromatic N) is 3. The molecular formula is C31H31F4N5O5. The maximum atomic E-state index is 13.0. The van der Waals surface area contributed by atoms with E-state index in [1.807, 2.05) is 33.8 Å². The van der Waals surface area contributed by atoms with Gasteiger partial charge in [-0.25, -0.2) is 23.5 Å². The van der Waals surface area contributed by atoms with Crippen LogP contribution in [-0.4, -0.2) is 43.2 Å². The van der Waals surface area contributed by atoms with Crippen molar-refractivity contribution in [3.05, 3.63) is 99.2 Å². The number of aromatic nitrogens is 3. The van der Waals surface area contributed by atoms with Crippen LogP contribution in [0.25, 0.3) is 5.65 Å². The molecular weight excluding hydrogens is 598 g/mol. The molecule has 2 aromatic carbocycles. The predicted octanol–water partition coefficient (Wildman–Crippen LogP) is 5.41. The number of carboxylic acid groups (broad SMARTS) is 1. The number of carboxylic acids is 1. The van der Waals surface area contributed by atoms with E-state index in [-0.39, 0.29) is 41.2 Å². The van der Waals surface area contributed by atoms with Crippen molar-refractivity contribution in [1.82, 2.24) is 19.9 Å². The summed E-state index contributed by atoms with van der Waals surface area (Å²) in [7, 11) is 0. The van der Waals surface area contributed by atoms with Crippen molar-refractivity contribution >= 4 is 23.5 Å². The van der Waals surface area contributed by atoms with Gasteiger partial charge in [-0.05, 0) is 81.0 Å². The van der Waals surface area contributed by atoms with Gasteiger partial charge in [-0.15, -0.1) is 0 Å². The second kappa shape index (κ2) is 12.6. The first-order chi connectivity index (χ1) is 21.0. The molecule has 0 fully saturated rings. The van der Waals surface area contributed by atoms with Gasteiger partial charge in [0.15, 0.2) is 11.3 Å². The largest absolute Gasteiger partial charge is 0.477 e. The Morgan fingerprint density at radius 2 is 1.82 bits per heavy atom. The van der Waals surface area contributed by atoms with Crippen molar-refractivity contribution in [2.45, 2.75) is 64.9 Å². The van der Waals surface area contributed by atoms with E-state index in [9.17, 15) is 37.1 Å². The van der Waals surface area contributed by atoms with Crippen LogP contribution in [0.1, 0.15) is 92.4 Å². The number of alkyl halides is 3. The quantitative estimate of drug-likeness (QED) is 0.196. The first-order valence-electron chi connectivity index (χ1n) is 13.8. The number of nitrogens with two attached hydrogens (primary N) is 1. The molecule has 1 aliphatic carbocycles. The second-order valence-corrected chi connectivity index (χ2v) is 11.3. The van der Waals surface area contributed by atoms with Crippen molar-refractivity contribution in [3.8, 4) is 0 Å². The topological polar surface area (TPSA) is 149 Å². The third-order valence-electron chi connectivity index (χ3n) is 7.00. The molecule has 0 spiro atoms. The highest BCUT2D eigenvalue weighted by atomic mass is 19.4. The minimum absolute atomic E-state index is 0.0383. The van der Waals surface area contributed by atoms with E-state index in [4.69, 9.17) is 10.5 Å². The number of halogens is 4. The average Bonchev–Trinajstić information content (AvgIpc) is 3.59. The number of hydrogen-bond acceptors (Lipinski definition) is 7. The van der Waals surface area contributed by atoms with Crippen molar-refractivity contribution in [2.75, 3.05) is 0 Å². The van der Waals surface area contributed by atoms with Gasteiger partial charge < -0.3 is 20.9 Å². The number of ether oxygens (including phenoxy) is 1. The maximum absolute atomic E-state index is 13.0. The van der Waals surface area contributed by atoms with Crippen molar-refractivity contribution in [2.24, 2.45) is 5.73 Å². The molecule has 5 rings (SSSR count). The van der Waals surface area contributed by atoms with Crippen LogP contribution < -0.4 is 11.1 Å². The van der Waals surface area contributed by atoms with E-state index >= 15 is 0 Å². The summed E-state index contributed by atoms with van der Waals surface area (Å²) in [6, 6.07) is 8.77. The fourth-order valence-electron chi connectivity index (χ4n) is 4.92. The Hall–Kier alpha value is -4.85. The van der Waals surface area contributed by atoms with Gasteiger partial charge in [0.25, 0.3) is 5.91 Å². The number of aromatic carboxylic acids is 1. The summed E-state index contributed by atoms with van der Waals surface area (Å²) >= 11 is 0. The molecule has 0 aliphatic heterocycles. The van der Waals surface area contributed by atoms with Crippen LogP contribution >= 0.6 is 0 Å². The fourth-order valence-corrected chi connectivity index (χ4v) is 4.92. The molecule has 4 aromatic rings. The smallest absolute Gasteiger partial charge is 0.419 e. The summed E-state index contributed by atoms with van der Waals surface area (Å²) in [6.07, 6.45) is -1.83. The molecule has 14 heteroatoms. The highest BCUT2D eigenvalue weighted by Crippen LogP contribution is 2.35. The summed E-state index contributed by atoms with van der Waals surface area (Å²) in [5, 5.41) is 16.4. The maximum Gasteiger partial charge on any atom is 0.419 e. The molecule has 10 nitrogen and oxygen atoms in total. The molecule has 0 radical (unpaired) electrons. The molecule has 1 amide bonds. The second-order valence-electron chi connectivity index (χ2n) is 11.3. The number of benzene rings is 2. The Kier molecular flexibility index (Phi) is 9.28. The molecule has 238 valence electrons. The zero-order chi connectivity index (χ0) is 33.3. The van der Waals surface area contributed by atoms with E-state index in [0.29, 0.717) is 18.4 Å². The first-order valence-corrected chi connectivity index (χ1v) is 13.8. The number of amides is 1. The predicted molar refractivity (Wildman–Crippen MR) is 154 cm³/mol. The first kappa shape index (κ1) is 33.1. The Bertz CT molecular complexity index is 1780. The molecule has 2 aromatic heterocycles. The van der Waals surface area contributed by atoms with E-state index in [1.165, 1.54) is 28.9 Å². The van der Waals surface area contributed by atoms with E-state index in [0.717, 1.165) is 28.8 Å². The lowest BCUT2D eigenvalue weighted by Gasteiger charge is -2.21. The van der Waals surface area contributed by atoms with Crippen molar-refractivity contribution in [1.29, 1.82) is 0 Å². The number of esters is 1. The molecule has 1 aliphatic rings. The van der Waals surface area contributed by atoms with Gasteiger partial charge >= 0.3 is 18.1 Å². The number of hydrogen-bond donors (Lipinski definition) is 3. The van der Waals surface area contributed by atoms with Crippen LogP contribution in [0.2, 0.25) is 0 Å². The highest BCUT2D eigenvalue weighted by Gasteiger charge is 2.34. The number of fused-ring (bicyclic) bond motifs is 2. The van der Waals surface area contributed by atoms with Crippen LogP contribution in [0.4, 0.5) is 17.6 Å². The Morgan fingerprint density at radius 3 is 2.44 bits per heavy atom. The summed E-state index contributed by atoms with van der Waals surface area (Å²) in [6.45, 7) is 7.32. The number of rotatable bonds is 5. The van der Waals surface area contributed by atoms with Crippen LogP contribution in [0.3, 0.4) is 0 Å².